The highest BCUT2D eigenvalue weighted by Gasteiger charge is 2.43. The molecule has 5 aromatic rings. The van der Waals surface area contributed by atoms with Crippen LogP contribution in [-0.4, -0.2) is 0 Å². The van der Waals surface area contributed by atoms with E-state index in [1.165, 1.54) is 18.2 Å². The molecule has 0 heterocycles. The maximum absolute atomic E-state index is 15.3. The van der Waals surface area contributed by atoms with Crippen molar-refractivity contribution >= 4 is 21.5 Å². The molecule has 0 fully saturated rings. The van der Waals surface area contributed by atoms with Crippen LogP contribution in [0.4, 0.5) is 48.3 Å². The van der Waals surface area contributed by atoms with Crippen LogP contribution in [0.15, 0.2) is 54.6 Å². The summed E-state index contributed by atoms with van der Waals surface area (Å²) in [5, 5.41) is -1.43. The van der Waals surface area contributed by atoms with Crippen LogP contribution in [0.25, 0.3) is 43.8 Å². The van der Waals surface area contributed by atoms with Crippen molar-refractivity contribution in [3.05, 3.63) is 107 Å². The number of fused-ring (bicyclic) bond motifs is 2. The van der Waals surface area contributed by atoms with Gasteiger partial charge in [0.15, 0.2) is 40.7 Å². The SMILES string of the molecule is Fc1cc(-c2c3ccccc3c(-c3c(F)c(F)c(C(F)(F)F)c(F)c3F)c3c(F)cccc23)cc(F)c1F. The van der Waals surface area contributed by atoms with Gasteiger partial charge in [-0.25, -0.2) is 35.1 Å². The molecule has 0 amide bonds. The summed E-state index contributed by atoms with van der Waals surface area (Å²) in [7, 11) is 0. The lowest BCUT2D eigenvalue weighted by molar-refractivity contribution is -0.143. The van der Waals surface area contributed by atoms with Gasteiger partial charge in [-0.1, -0.05) is 36.4 Å². The molecule has 0 atom stereocenters. The summed E-state index contributed by atoms with van der Waals surface area (Å²) in [6.45, 7) is 0. The van der Waals surface area contributed by atoms with Gasteiger partial charge in [0, 0.05) is 10.9 Å². The first kappa shape index (κ1) is 25.5. The molecule has 0 aliphatic carbocycles. The van der Waals surface area contributed by atoms with Crippen LogP contribution in [-0.2, 0) is 6.18 Å². The van der Waals surface area contributed by atoms with Crippen LogP contribution < -0.4 is 0 Å². The van der Waals surface area contributed by atoms with E-state index in [9.17, 15) is 35.1 Å². The molecule has 0 aliphatic heterocycles. The minimum atomic E-state index is -5.80. The van der Waals surface area contributed by atoms with E-state index in [1.807, 2.05) is 0 Å². The first-order valence-electron chi connectivity index (χ1n) is 10.6. The molecule has 0 saturated carbocycles. The van der Waals surface area contributed by atoms with Gasteiger partial charge in [-0.05, 0) is 45.5 Å². The summed E-state index contributed by atoms with van der Waals surface area (Å²) in [4.78, 5) is 0. The maximum atomic E-state index is 15.3. The van der Waals surface area contributed by atoms with E-state index in [0.29, 0.717) is 12.1 Å². The van der Waals surface area contributed by atoms with E-state index in [2.05, 4.69) is 0 Å². The van der Waals surface area contributed by atoms with E-state index in [-0.39, 0.29) is 27.3 Å². The van der Waals surface area contributed by atoms with Gasteiger partial charge in [-0.2, -0.15) is 13.2 Å². The molecule has 194 valence electrons. The third kappa shape index (κ3) is 3.67. The Bertz CT molecular complexity index is 1730. The smallest absolute Gasteiger partial charge is 0.206 e. The molecule has 5 aromatic carbocycles. The molecule has 0 spiro atoms. The average Bonchev–Trinajstić information content (AvgIpc) is 2.85. The zero-order valence-electron chi connectivity index (χ0n) is 18.4. The van der Waals surface area contributed by atoms with Gasteiger partial charge in [-0.3, -0.25) is 0 Å². The molecule has 0 aliphatic rings. The average molecular weight is 542 g/mol. The summed E-state index contributed by atoms with van der Waals surface area (Å²) in [6.07, 6.45) is -5.80. The first-order chi connectivity index (χ1) is 17.8. The lowest BCUT2D eigenvalue weighted by Crippen LogP contribution is -2.16. The van der Waals surface area contributed by atoms with Crippen LogP contribution in [0.3, 0.4) is 0 Å². The van der Waals surface area contributed by atoms with Gasteiger partial charge < -0.3 is 0 Å². The molecule has 0 bridgehead atoms. The fraction of sp³-hybridized carbons (Fsp3) is 0.0370. The maximum Gasteiger partial charge on any atom is 0.422 e. The Balaban J connectivity index is 2.04. The molecular weight excluding hydrogens is 533 g/mol. The van der Waals surface area contributed by atoms with Gasteiger partial charge in [0.2, 0.25) is 0 Å². The van der Waals surface area contributed by atoms with Crippen molar-refractivity contribution < 1.29 is 48.3 Å². The van der Waals surface area contributed by atoms with Gasteiger partial charge in [0.05, 0.1) is 5.56 Å². The predicted octanol–water partition coefficient (Wildman–Crippen LogP) is 9.46. The van der Waals surface area contributed by atoms with Crippen molar-refractivity contribution in [2.45, 2.75) is 6.18 Å². The van der Waals surface area contributed by atoms with Crippen molar-refractivity contribution in [2.24, 2.45) is 0 Å². The lowest BCUT2D eigenvalue weighted by atomic mass is 9.85. The Kier molecular flexibility index (Phi) is 5.85. The third-order valence-electron chi connectivity index (χ3n) is 6.07. The van der Waals surface area contributed by atoms with Crippen molar-refractivity contribution in [1.29, 1.82) is 0 Å². The quantitative estimate of drug-likeness (QED) is 0.0903. The van der Waals surface area contributed by atoms with Crippen LogP contribution in [0.1, 0.15) is 5.56 Å². The standard InChI is InChI=1S/C27H9F11/c28-14-7-3-6-13-17(10-8-15(29)22(31)16(30)9-10)11-4-1-2-5-12(11)19(18(13)14)20-23(32)25(34)21(27(36,37)38)26(35)24(20)33/h1-9H. The van der Waals surface area contributed by atoms with E-state index in [1.54, 1.807) is 0 Å². The molecular formula is C27H9F11. The fourth-order valence-corrected chi connectivity index (χ4v) is 4.56. The number of halogens is 11. The third-order valence-corrected chi connectivity index (χ3v) is 6.07. The summed E-state index contributed by atoms with van der Waals surface area (Å²) in [5.74, 6) is -16.6. The van der Waals surface area contributed by atoms with Crippen LogP contribution in [0.5, 0.6) is 0 Å². The highest BCUT2D eigenvalue weighted by molar-refractivity contribution is 6.21. The summed E-state index contributed by atoms with van der Waals surface area (Å²) < 4.78 is 156. The number of benzene rings is 5. The Morgan fingerprint density at radius 2 is 0.947 bits per heavy atom. The second-order valence-corrected chi connectivity index (χ2v) is 8.22. The largest absolute Gasteiger partial charge is 0.422 e. The molecule has 0 unspecified atom stereocenters. The number of alkyl halides is 3. The van der Waals surface area contributed by atoms with Crippen molar-refractivity contribution in [3.63, 3.8) is 0 Å². The van der Waals surface area contributed by atoms with Crippen molar-refractivity contribution in [1.82, 2.24) is 0 Å². The van der Waals surface area contributed by atoms with Crippen molar-refractivity contribution in [2.75, 3.05) is 0 Å². The van der Waals surface area contributed by atoms with E-state index < -0.39 is 74.8 Å². The summed E-state index contributed by atoms with van der Waals surface area (Å²) in [6, 6.07) is 9.21. The van der Waals surface area contributed by atoms with Crippen molar-refractivity contribution in [3.8, 4) is 22.3 Å². The zero-order valence-corrected chi connectivity index (χ0v) is 18.4. The van der Waals surface area contributed by atoms with Gasteiger partial charge in [-0.15, -0.1) is 0 Å². The molecule has 5 rings (SSSR count). The summed E-state index contributed by atoms with van der Waals surface area (Å²) >= 11 is 0. The first-order valence-corrected chi connectivity index (χ1v) is 10.6. The molecule has 0 saturated heterocycles. The van der Waals surface area contributed by atoms with Crippen LogP contribution in [0, 0.1) is 46.5 Å². The normalized spacial score (nSPS) is 12.1. The summed E-state index contributed by atoms with van der Waals surface area (Å²) in [5.41, 5.74) is -5.75. The second-order valence-electron chi connectivity index (χ2n) is 8.22. The number of rotatable bonds is 2. The Morgan fingerprint density at radius 1 is 0.447 bits per heavy atom. The Morgan fingerprint density at radius 3 is 1.47 bits per heavy atom. The predicted molar refractivity (Wildman–Crippen MR) is 117 cm³/mol. The minimum Gasteiger partial charge on any atom is -0.206 e. The molecule has 0 aromatic heterocycles. The topological polar surface area (TPSA) is 0 Å². The zero-order chi connectivity index (χ0) is 27.7. The van der Waals surface area contributed by atoms with Gasteiger partial charge in [0.1, 0.15) is 11.4 Å². The number of hydrogen-bond acceptors (Lipinski definition) is 0. The van der Waals surface area contributed by atoms with Crippen LogP contribution >= 0.6 is 0 Å². The Labute approximate surface area is 205 Å². The van der Waals surface area contributed by atoms with Crippen LogP contribution in [0.2, 0.25) is 0 Å². The fourth-order valence-electron chi connectivity index (χ4n) is 4.56. The highest BCUT2D eigenvalue weighted by atomic mass is 19.4. The highest BCUT2D eigenvalue weighted by Crippen LogP contribution is 2.48. The van der Waals surface area contributed by atoms with Gasteiger partial charge >= 0.3 is 6.18 Å². The molecule has 0 nitrogen and oxygen atoms in total. The molecule has 0 N–H and O–H groups in total. The Hall–Kier alpha value is -4.15. The molecule has 11 heteroatoms. The minimum absolute atomic E-state index is 0.0921. The van der Waals surface area contributed by atoms with E-state index in [0.717, 1.165) is 24.3 Å². The van der Waals surface area contributed by atoms with Gasteiger partial charge in [0.25, 0.3) is 0 Å². The monoisotopic (exact) mass is 542 g/mol. The number of hydrogen-bond donors (Lipinski definition) is 0. The lowest BCUT2D eigenvalue weighted by Gasteiger charge is -2.20. The molecule has 0 radical (unpaired) electrons. The molecule has 38 heavy (non-hydrogen) atoms. The van der Waals surface area contributed by atoms with E-state index >= 15 is 13.2 Å². The second kappa shape index (κ2) is 8.71. The van der Waals surface area contributed by atoms with E-state index in [4.69, 9.17) is 0 Å².